The highest BCUT2D eigenvalue weighted by atomic mass is 16.5. The van der Waals surface area contributed by atoms with Crippen LogP contribution in [-0.4, -0.2) is 75.9 Å². The molecule has 1 atom stereocenters. The smallest absolute Gasteiger partial charge is 0.253 e. The molecular formula is C27H27N7O3. The molecule has 2 aromatic heterocycles. The van der Waals surface area contributed by atoms with Gasteiger partial charge in [0.05, 0.1) is 41.8 Å². The highest BCUT2D eigenvalue weighted by Crippen LogP contribution is 2.24. The fraction of sp³-hybridized carbons (Fsp3) is 0.296. The van der Waals surface area contributed by atoms with Gasteiger partial charge in [-0.3, -0.25) is 9.59 Å². The van der Waals surface area contributed by atoms with E-state index in [1.165, 1.54) is 0 Å². The molecule has 1 N–H and O–H groups in total. The van der Waals surface area contributed by atoms with Crippen LogP contribution in [0.3, 0.4) is 0 Å². The Morgan fingerprint density at radius 1 is 0.973 bits per heavy atom. The van der Waals surface area contributed by atoms with Crippen LogP contribution in [0, 0.1) is 5.92 Å². The molecule has 4 heterocycles. The number of rotatable bonds is 5. The van der Waals surface area contributed by atoms with Crippen LogP contribution in [0.4, 0.5) is 11.5 Å². The highest BCUT2D eigenvalue weighted by Gasteiger charge is 2.25. The SMILES string of the molecule is O=C(Nc1cnn(-c2ccc(C(=O)N3CCN(c4ncnc5ccccc45)CC3)cc2)c1)C1CCOC1. The molecule has 2 saturated heterocycles. The summed E-state index contributed by atoms with van der Waals surface area (Å²) in [5.74, 6) is 0.751. The number of ether oxygens (including phenoxy) is 1. The summed E-state index contributed by atoms with van der Waals surface area (Å²) in [6.07, 6.45) is 5.72. The molecule has 6 rings (SSSR count). The molecule has 0 bridgehead atoms. The summed E-state index contributed by atoms with van der Waals surface area (Å²) in [5.41, 5.74) is 2.99. The number of nitrogens with one attached hydrogen (secondary N) is 1. The maximum atomic E-state index is 13.2. The fourth-order valence-electron chi connectivity index (χ4n) is 4.82. The van der Waals surface area contributed by atoms with Crippen molar-refractivity contribution < 1.29 is 14.3 Å². The standard InChI is InChI=1S/C27H27N7O3/c35-26(20-9-14-37-17-20)31-21-15-30-34(16-21)22-7-5-19(6-8-22)27(36)33-12-10-32(11-13-33)25-23-3-1-2-4-24(23)28-18-29-25/h1-8,15-16,18,20H,9-14,17H2,(H,31,35). The lowest BCUT2D eigenvalue weighted by Gasteiger charge is -2.35. The van der Waals surface area contributed by atoms with Crippen LogP contribution < -0.4 is 10.2 Å². The molecule has 10 nitrogen and oxygen atoms in total. The summed E-state index contributed by atoms with van der Waals surface area (Å²) in [6, 6.07) is 15.3. The van der Waals surface area contributed by atoms with E-state index in [4.69, 9.17) is 4.74 Å². The van der Waals surface area contributed by atoms with Gasteiger partial charge in [-0.2, -0.15) is 5.10 Å². The first-order chi connectivity index (χ1) is 18.2. The molecule has 0 aliphatic carbocycles. The van der Waals surface area contributed by atoms with Gasteiger partial charge < -0.3 is 19.9 Å². The predicted octanol–water partition coefficient (Wildman–Crippen LogP) is 2.75. The molecule has 188 valence electrons. The minimum Gasteiger partial charge on any atom is -0.381 e. The molecular weight excluding hydrogens is 470 g/mol. The number of carbonyl (C=O) groups excluding carboxylic acids is 2. The van der Waals surface area contributed by atoms with Crippen molar-refractivity contribution >= 4 is 34.2 Å². The van der Waals surface area contributed by atoms with Gasteiger partial charge in [0, 0.05) is 43.7 Å². The van der Waals surface area contributed by atoms with Crippen molar-refractivity contribution in [2.75, 3.05) is 49.6 Å². The molecule has 37 heavy (non-hydrogen) atoms. The van der Waals surface area contributed by atoms with Gasteiger partial charge in [0.25, 0.3) is 5.91 Å². The Morgan fingerprint density at radius 2 is 1.78 bits per heavy atom. The average Bonchev–Trinajstić information content (AvgIpc) is 3.66. The van der Waals surface area contributed by atoms with Gasteiger partial charge in [0.1, 0.15) is 12.1 Å². The average molecular weight is 498 g/mol. The number of para-hydroxylation sites is 1. The molecule has 4 aromatic rings. The summed E-state index contributed by atoms with van der Waals surface area (Å²) >= 11 is 0. The number of carbonyl (C=O) groups is 2. The maximum Gasteiger partial charge on any atom is 0.253 e. The first-order valence-corrected chi connectivity index (χ1v) is 12.4. The van der Waals surface area contributed by atoms with Crippen molar-refractivity contribution in [1.82, 2.24) is 24.6 Å². The molecule has 2 aliphatic heterocycles. The predicted molar refractivity (Wildman–Crippen MR) is 139 cm³/mol. The molecule has 2 fully saturated rings. The van der Waals surface area contributed by atoms with Crippen molar-refractivity contribution in [2.24, 2.45) is 5.92 Å². The second-order valence-electron chi connectivity index (χ2n) is 9.26. The van der Waals surface area contributed by atoms with Crippen molar-refractivity contribution in [1.29, 1.82) is 0 Å². The van der Waals surface area contributed by atoms with E-state index in [-0.39, 0.29) is 17.7 Å². The third-order valence-electron chi connectivity index (χ3n) is 6.92. The van der Waals surface area contributed by atoms with E-state index in [2.05, 4.69) is 25.3 Å². The second-order valence-corrected chi connectivity index (χ2v) is 9.26. The van der Waals surface area contributed by atoms with E-state index in [9.17, 15) is 9.59 Å². The first-order valence-electron chi connectivity index (χ1n) is 12.4. The summed E-state index contributed by atoms with van der Waals surface area (Å²) < 4.78 is 6.97. The summed E-state index contributed by atoms with van der Waals surface area (Å²) in [7, 11) is 0. The quantitative estimate of drug-likeness (QED) is 0.452. The maximum absolute atomic E-state index is 13.2. The van der Waals surface area contributed by atoms with E-state index < -0.39 is 0 Å². The molecule has 0 saturated carbocycles. The zero-order chi connectivity index (χ0) is 25.2. The van der Waals surface area contributed by atoms with E-state index >= 15 is 0 Å². The van der Waals surface area contributed by atoms with E-state index in [0.717, 1.165) is 28.8 Å². The zero-order valence-corrected chi connectivity index (χ0v) is 20.3. The number of nitrogens with zero attached hydrogens (tertiary/aromatic N) is 6. The Bertz CT molecular complexity index is 1420. The lowest BCUT2D eigenvalue weighted by atomic mass is 10.1. The van der Waals surface area contributed by atoms with Crippen LogP contribution in [0.15, 0.2) is 67.3 Å². The van der Waals surface area contributed by atoms with Gasteiger partial charge >= 0.3 is 0 Å². The molecule has 2 aliphatic rings. The highest BCUT2D eigenvalue weighted by molar-refractivity contribution is 5.95. The third-order valence-corrected chi connectivity index (χ3v) is 6.92. The normalized spacial score (nSPS) is 17.8. The topological polar surface area (TPSA) is 105 Å². The van der Waals surface area contributed by atoms with Crippen LogP contribution >= 0.6 is 0 Å². The van der Waals surface area contributed by atoms with Gasteiger partial charge in [-0.05, 0) is 42.8 Å². The van der Waals surface area contributed by atoms with Gasteiger partial charge in [-0.15, -0.1) is 0 Å². The van der Waals surface area contributed by atoms with Crippen molar-refractivity contribution in [3.05, 3.63) is 72.8 Å². The van der Waals surface area contributed by atoms with Crippen LogP contribution in [0.25, 0.3) is 16.6 Å². The van der Waals surface area contributed by atoms with E-state index in [0.29, 0.717) is 50.6 Å². The number of amides is 2. The fourth-order valence-corrected chi connectivity index (χ4v) is 4.82. The number of hydrogen-bond donors (Lipinski definition) is 1. The zero-order valence-electron chi connectivity index (χ0n) is 20.3. The van der Waals surface area contributed by atoms with Crippen LogP contribution in [0.1, 0.15) is 16.8 Å². The van der Waals surface area contributed by atoms with Gasteiger partial charge in [0.2, 0.25) is 5.91 Å². The lowest BCUT2D eigenvalue weighted by molar-refractivity contribution is -0.119. The molecule has 10 heteroatoms. The van der Waals surface area contributed by atoms with Gasteiger partial charge in [-0.1, -0.05) is 12.1 Å². The Hall–Kier alpha value is -4.31. The van der Waals surface area contributed by atoms with Crippen LogP contribution in [-0.2, 0) is 9.53 Å². The number of benzene rings is 2. The van der Waals surface area contributed by atoms with Crippen molar-refractivity contribution in [2.45, 2.75) is 6.42 Å². The molecule has 2 amide bonds. The number of anilines is 2. The Labute approximate surface area is 213 Å². The summed E-state index contributed by atoms with van der Waals surface area (Å²) in [4.78, 5) is 38.4. The third kappa shape index (κ3) is 4.75. The van der Waals surface area contributed by atoms with Crippen molar-refractivity contribution in [3.63, 3.8) is 0 Å². The molecule has 0 radical (unpaired) electrons. The monoisotopic (exact) mass is 497 g/mol. The minimum atomic E-state index is -0.115. The number of hydrogen-bond acceptors (Lipinski definition) is 7. The molecule has 2 aromatic carbocycles. The second kappa shape index (κ2) is 9.98. The van der Waals surface area contributed by atoms with Crippen LogP contribution in [0.2, 0.25) is 0 Å². The largest absolute Gasteiger partial charge is 0.381 e. The Balaban J connectivity index is 1.08. The number of piperazine rings is 1. The molecule has 1 unspecified atom stereocenters. The number of aromatic nitrogens is 4. The van der Waals surface area contributed by atoms with E-state index in [1.54, 1.807) is 23.4 Å². The summed E-state index contributed by atoms with van der Waals surface area (Å²) in [6.45, 7) is 3.73. The minimum absolute atomic E-state index is 0.00551. The Morgan fingerprint density at radius 3 is 2.57 bits per heavy atom. The van der Waals surface area contributed by atoms with Gasteiger partial charge in [-0.25, -0.2) is 14.6 Å². The first kappa shape index (κ1) is 23.1. The van der Waals surface area contributed by atoms with E-state index in [1.807, 2.05) is 53.4 Å². The van der Waals surface area contributed by atoms with Gasteiger partial charge in [0.15, 0.2) is 0 Å². The number of fused-ring (bicyclic) bond motifs is 1. The van der Waals surface area contributed by atoms with Crippen LogP contribution in [0.5, 0.6) is 0 Å². The Kier molecular flexibility index (Phi) is 6.23. The molecule has 0 spiro atoms. The lowest BCUT2D eigenvalue weighted by Crippen LogP contribution is -2.49. The summed E-state index contributed by atoms with van der Waals surface area (Å²) in [5, 5.41) is 8.27. The van der Waals surface area contributed by atoms with Crippen molar-refractivity contribution in [3.8, 4) is 5.69 Å².